The zero-order chi connectivity index (χ0) is 16.4. The molecule has 0 bridgehead atoms. The van der Waals surface area contributed by atoms with E-state index in [4.69, 9.17) is 9.84 Å². The molecule has 0 aliphatic carbocycles. The van der Waals surface area contributed by atoms with Crippen molar-refractivity contribution in [2.45, 2.75) is 6.42 Å². The van der Waals surface area contributed by atoms with E-state index < -0.39 is 17.7 Å². The molecule has 1 atom stereocenters. The highest BCUT2D eigenvalue weighted by Crippen LogP contribution is 2.24. The molecule has 0 radical (unpaired) electrons. The summed E-state index contributed by atoms with van der Waals surface area (Å²) >= 11 is 0. The molecule has 23 heavy (non-hydrogen) atoms. The van der Waals surface area contributed by atoms with Crippen LogP contribution in [0.4, 0.5) is 10.1 Å². The molecule has 1 N–H and O–H groups in total. The lowest BCUT2D eigenvalue weighted by Gasteiger charge is -2.29. The molecule has 1 aromatic carbocycles. The highest BCUT2D eigenvalue weighted by atomic mass is 19.1. The Bertz CT molecular complexity index is 616. The molecule has 2 heterocycles. The third-order valence-electron chi connectivity index (χ3n) is 4.37. The average Bonchev–Trinajstić information content (AvgIpc) is 3.05. The molecule has 1 aromatic rings. The summed E-state index contributed by atoms with van der Waals surface area (Å²) in [6.07, 6.45) is 0.440. The van der Waals surface area contributed by atoms with Gasteiger partial charge in [-0.25, -0.2) is 4.39 Å². The molecule has 0 aromatic heterocycles. The Kier molecular flexibility index (Phi) is 4.47. The first-order valence-electron chi connectivity index (χ1n) is 7.70. The number of hydrogen-bond donors (Lipinski definition) is 1. The monoisotopic (exact) mass is 322 g/mol. The van der Waals surface area contributed by atoms with Crippen molar-refractivity contribution in [3.05, 3.63) is 29.6 Å². The van der Waals surface area contributed by atoms with E-state index in [-0.39, 0.29) is 18.0 Å². The minimum atomic E-state index is -0.894. The molecule has 2 aliphatic heterocycles. The highest BCUT2D eigenvalue weighted by Gasteiger charge is 2.31. The lowest BCUT2D eigenvalue weighted by molar-refractivity contribution is -0.141. The number of likely N-dealkylation sites (tertiary alicyclic amines) is 1. The molecule has 1 amide bonds. The molecule has 7 heteroatoms. The van der Waals surface area contributed by atoms with Crippen molar-refractivity contribution in [3.63, 3.8) is 0 Å². The third-order valence-corrected chi connectivity index (χ3v) is 4.37. The molecule has 6 nitrogen and oxygen atoms in total. The van der Waals surface area contributed by atoms with Gasteiger partial charge in [-0.2, -0.15) is 0 Å². The fourth-order valence-corrected chi connectivity index (χ4v) is 3.03. The molecule has 2 saturated heterocycles. The summed E-state index contributed by atoms with van der Waals surface area (Å²) in [6.45, 7) is 2.94. The molecule has 0 spiro atoms. The van der Waals surface area contributed by atoms with Crippen LogP contribution in [-0.4, -0.2) is 61.3 Å². The van der Waals surface area contributed by atoms with Gasteiger partial charge in [-0.3, -0.25) is 9.59 Å². The van der Waals surface area contributed by atoms with Crippen LogP contribution in [0.15, 0.2) is 18.2 Å². The van der Waals surface area contributed by atoms with Gasteiger partial charge in [0.15, 0.2) is 0 Å². The first-order valence-corrected chi connectivity index (χ1v) is 7.70. The van der Waals surface area contributed by atoms with Crippen LogP contribution in [0.3, 0.4) is 0 Å². The Morgan fingerprint density at radius 2 is 1.96 bits per heavy atom. The molecule has 0 saturated carbocycles. The number of aliphatic carboxylic acids is 1. The van der Waals surface area contributed by atoms with E-state index in [0.29, 0.717) is 45.0 Å². The van der Waals surface area contributed by atoms with Crippen molar-refractivity contribution in [3.8, 4) is 0 Å². The van der Waals surface area contributed by atoms with Crippen LogP contribution in [0.1, 0.15) is 16.8 Å². The number of carbonyl (C=O) groups is 2. The minimum Gasteiger partial charge on any atom is -0.481 e. The number of rotatable bonds is 3. The number of halogens is 1. The van der Waals surface area contributed by atoms with Crippen LogP contribution in [0.25, 0.3) is 0 Å². The van der Waals surface area contributed by atoms with Crippen LogP contribution in [-0.2, 0) is 9.53 Å². The zero-order valence-corrected chi connectivity index (χ0v) is 12.7. The SMILES string of the molecule is O=C(O)[C@@H]1CCN(C(=O)c2ccc(N3CCOCC3)c(F)c2)C1. The second kappa shape index (κ2) is 6.54. The van der Waals surface area contributed by atoms with E-state index in [1.54, 1.807) is 12.1 Å². The zero-order valence-electron chi connectivity index (χ0n) is 12.7. The summed E-state index contributed by atoms with van der Waals surface area (Å²) < 4.78 is 19.6. The highest BCUT2D eigenvalue weighted by molar-refractivity contribution is 5.95. The molecular formula is C16H19FN2O4. The van der Waals surface area contributed by atoms with Crippen molar-refractivity contribution >= 4 is 17.6 Å². The van der Waals surface area contributed by atoms with Crippen molar-refractivity contribution in [2.75, 3.05) is 44.3 Å². The number of amides is 1. The number of hydrogen-bond acceptors (Lipinski definition) is 4. The second-order valence-electron chi connectivity index (χ2n) is 5.84. The lowest BCUT2D eigenvalue weighted by Crippen LogP contribution is -2.37. The predicted molar refractivity (Wildman–Crippen MR) is 81.1 cm³/mol. The quantitative estimate of drug-likeness (QED) is 0.906. The molecular weight excluding hydrogens is 303 g/mol. The third kappa shape index (κ3) is 3.29. The number of nitrogens with zero attached hydrogens (tertiary/aromatic N) is 2. The van der Waals surface area contributed by atoms with Crippen LogP contribution in [0.2, 0.25) is 0 Å². The Morgan fingerprint density at radius 1 is 1.22 bits per heavy atom. The number of carbonyl (C=O) groups excluding carboxylic acids is 1. The molecule has 0 unspecified atom stereocenters. The summed E-state index contributed by atoms with van der Waals surface area (Å²) in [4.78, 5) is 26.7. The van der Waals surface area contributed by atoms with Gasteiger partial charge < -0.3 is 19.6 Å². The van der Waals surface area contributed by atoms with E-state index >= 15 is 0 Å². The van der Waals surface area contributed by atoms with E-state index in [0.717, 1.165) is 0 Å². The average molecular weight is 322 g/mol. The minimum absolute atomic E-state index is 0.182. The topological polar surface area (TPSA) is 70.1 Å². The number of carboxylic acid groups (broad SMARTS) is 1. The largest absolute Gasteiger partial charge is 0.481 e. The van der Waals surface area contributed by atoms with E-state index in [9.17, 15) is 14.0 Å². The summed E-state index contributed by atoms with van der Waals surface area (Å²) in [7, 11) is 0. The van der Waals surface area contributed by atoms with Crippen LogP contribution >= 0.6 is 0 Å². The summed E-state index contributed by atoms with van der Waals surface area (Å²) in [6, 6.07) is 4.45. The molecule has 3 rings (SSSR count). The van der Waals surface area contributed by atoms with Crippen molar-refractivity contribution < 1.29 is 23.8 Å². The van der Waals surface area contributed by atoms with Crippen LogP contribution in [0.5, 0.6) is 0 Å². The van der Waals surface area contributed by atoms with Gasteiger partial charge in [0, 0.05) is 31.7 Å². The second-order valence-corrected chi connectivity index (χ2v) is 5.84. The van der Waals surface area contributed by atoms with Gasteiger partial charge in [0.1, 0.15) is 5.82 Å². The van der Waals surface area contributed by atoms with Gasteiger partial charge in [-0.1, -0.05) is 0 Å². The first kappa shape index (κ1) is 15.7. The van der Waals surface area contributed by atoms with Gasteiger partial charge in [-0.05, 0) is 24.6 Å². The van der Waals surface area contributed by atoms with Gasteiger partial charge in [0.25, 0.3) is 5.91 Å². The molecule has 124 valence electrons. The number of carboxylic acids is 1. The number of benzene rings is 1. The maximum atomic E-state index is 14.3. The molecule has 2 aliphatic rings. The predicted octanol–water partition coefficient (Wildman–Crippen LogP) is 1.21. The molecule has 2 fully saturated rings. The Balaban J connectivity index is 1.72. The fourth-order valence-electron chi connectivity index (χ4n) is 3.03. The fraction of sp³-hybridized carbons (Fsp3) is 0.500. The van der Waals surface area contributed by atoms with Gasteiger partial charge >= 0.3 is 5.97 Å². The Hall–Kier alpha value is -2.15. The lowest BCUT2D eigenvalue weighted by atomic mass is 10.1. The van der Waals surface area contributed by atoms with Gasteiger partial charge in [0.05, 0.1) is 24.8 Å². The first-order chi connectivity index (χ1) is 11.1. The maximum absolute atomic E-state index is 14.3. The Morgan fingerprint density at radius 3 is 2.57 bits per heavy atom. The Labute approximate surface area is 133 Å². The summed E-state index contributed by atoms with van der Waals surface area (Å²) in [5, 5.41) is 8.99. The van der Waals surface area contributed by atoms with E-state index in [2.05, 4.69) is 0 Å². The van der Waals surface area contributed by atoms with E-state index in [1.165, 1.54) is 11.0 Å². The number of ether oxygens (including phenoxy) is 1. The summed E-state index contributed by atoms with van der Waals surface area (Å²) in [5.74, 6) is -2.18. The van der Waals surface area contributed by atoms with Crippen molar-refractivity contribution in [2.24, 2.45) is 5.92 Å². The number of anilines is 1. The van der Waals surface area contributed by atoms with Gasteiger partial charge in [0.2, 0.25) is 0 Å². The number of morpholine rings is 1. The van der Waals surface area contributed by atoms with Crippen LogP contribution in [0, 0.1) is 11.7 Å². The van der Waals surface area contributed by atoms with Gasteiger partial charge in [-0.15, -0.1) is 0 Å². The van der Waals surface area contributed by atoms with E-state index in [1.807, 2.05) is 4.90 Å². The van der Waals surface area contributed by atoms with Crippen molar-refractivity contribution in [1.29, 1.82) is 0 Å². The normalized spacial score (nSPS) is 21.5. The van der Waals surface area contributed by atoms with Crippen LogP contribution < -0.4 is 4.90 Å². The standard InChI is InChI=1S/C16H19FN2O4/c17-13-9-11(1-2-14(13)18-5-7-23-8-6-18)15(20)19-4-3-12(10-19)16(21)22/h1-2,9,12H,3-8,10H2,(H,21,22)/t12-/m1/s1. The van der Waals surface area contributed by atoms with Crippen molar-refractivity contribution in [1.82, 2.24) is 4.90 Å². The summed E-state index contributed by atoms with van der Waals surface area (Å²) in [5.41, 5.74) is 0.722. The smallest absolute Gasteiger partial charge is 0.308 e. The maximum Gasteiger partial charge on any atom is 0.308 e.